The van der Waals surface area contributed by atoms with Gasteiger partial charge in [0.15, 0.2) is 0 Å². The lowest BCUT2D eigenvalue weighted by molar-refractivity contribution is 0.0374. The van der Waals surface area contributed by atoms with Crippen molar-refractivity contribution in [2.24, 2.45) is 0 Å². The van der Waals surface area contributed by atoms with Gasteiger partial charge in [-0.15, -0.1) is 0 Å². The van der Waals surface area contributed by atoms with Gasteiger partial charge in [0.1, 0.15) is 0 Å². The zero-order valence-corrected chi connectivity index (χ0v) is 20.0. The summed E-state index contributed by atoms with van der Waals surface area (Å²) in [6.45, 7) is 9.18. The molecule has 2 aromatic carbocycles. The maximum Gasteiger partial charge on any atom is 0.251 e. The number of nitrogens with zero attached hydrogens (tertiary/aromatic N) is 2. The van der Waals surface area contributed by atoms with Crippen LogP contribution in [0.1, 0.15) is 33.5 Å². The Bertz CT molecular complexity index is 1020. The highest BCUT2D eigenvalue weighted by Crippen LogP contribution is 2.23. The highest BCUT2D eigenvalue weighted by Gasteiger charge is 2.19. The molecule has 1 N–H and O–H groups in total. The Kier molecular flexibility index (Phi) is 8.28. The van der Waals surface area contributed by atoms with Gasteiger partial charge in [0.05, 0.1) is 31.7 Å². The first-order valence-electron chi connectivity index (χ1n) is 11.0. The summed E-state index contributed by atoms with van der Waals surface area (Å²) in [6, 6.07) is 12.7. The van der Waals surface area contributed by atoms with Gasteiger partial charge in [-0.3, -0.25) is 14.0 Å². The Morgan fingerprint density at radius 3 is 2.38 bits per heavy atom. The van der Waals surface area contributed by atoms with Gasteiger partial charge in [-0.05, 0) is 67.8 Å². The van der Waals surface area contributed by atoms with Crippen molar-refractivity contribution in [2.75, 3.05) is 50.0 Å². The third-order valence-corrected chi connectivity index (χ3v) is 6.90. The summed E-state index contributed by atoms with van der Waals surface area (Å²) in [5.74, 6) is -0.118. The lowest BCUT2D eigenvalue weighted by atomic mass is 10.1. The molecule has 0 radical (unpaired) electrons. The van der Waals surface area contributed by atoms with E-state index in [2.05, 4.69) is 10.2 Å². The SMILES string of the molecule is Cc1ccc(N(Cc2ccc(C(=O)NCCCN3CCOCC3)cc2)S(C)(=O)=O)cc1C. The Morgan fingerprint density at radius 1 is 1.06 bits per heavy atom. The Hall–Kier alpha value is -2.42. The number of hydrogen-bond donors (Lipinski definition) is 1. The van der Waals surface area contributed by atoms with Crippen molar-refractivity contribution in [3.05, 3.63) is 64.7 Å². The Morgan fingerprint density at radius 2 is 1.75 bits per heavy atom. The first-order valence-corrected chi connectivity index (χ1v) is 12.8. The highest BCUT2D eigenvalue weighted by atomic mass is 32.2. The van der Waals surface area contributed by atoms with Crippen molar-refractivity contribution in [1.82, 2.24) is 10.2 Å². The second-order valence-electron chi connectivity index (χ2n) is 8.30. The Balaban J connectivity index is 1.57. The predicted molar refractivity (Wildman–Crippen MR) is 128 cm³/mol. The number of anilines is 1. The number of carbonyl (C=O) groups is 1. The highest BCUT2D eigenvalue weighted by molar-refractivity contribution is 7.92. The Labute approximate surface area is 191 Å². The van der Waals surface area contributed by atoms with Crippen LogP contribution in [0.3, 0.4) is 0 Å². The molecule has 3 rings (SSSR count). The van der Waals surface area contributed by atoms with E-state index in [1.807, 2.05) is 44.2 Å². The number of ether oxygens (including phenoxy) is 1. The first kappa shape index (κ1) is 24.2. The van der Waals surface area contributed by atoms with Crippen LogP contribution in [0.2, 0.25) is 0 Å². The monoisotopic (exact) mass is 459 g/mol. The fraction of sp³-hybridized carbons (Fsp3) is 0.458. The van der Waals surface area contributed by atoms with E-state index in [4.69, 9.17) is 4.74 Å². The molecule has 1 fully saturated rings. The largest absolute Gasteiger partial charge is 0.379 e. The van der Waals surface area contributed by atoms with E-state index < -0.39 is 10.0 Å². The van der Waals surface area contributed by atoms with E-state index in [9.17, 15) is 13.2 Å². The molecule has 174 valence electrons. The molecule has 0 spiro atoms. The average molecular weight is 460 g/mol. The summed E-state index contributed by atoms with van der Waals surface area (Å²) in [4.78, 5) is 14.8. The fourth-order valence-corrected chi connectivity index (χ4v) is 4.52. The van der Waals surface area contributed by atoms with E-state index in [1.165, 1.54) is 10.6 Å². The van der Waals surface area contributed by atoms with Gasteiger partial charge in [-0.1, -0.05) is 18.2 Å². The smallest absolute Gasteiger partial charge is 0.251 e. The molecule has 0 bridgehead atoms. The molecule has 0 aliphatic carbocycles. The molecule has 8 heteroatoms. The molecular weight excluding hydrogens is 426 g/mol. The molecule has 1 aliphatic rings. The molecule has 0 atom stereocenters. The van der Waals surface area contributed by atoms with Crippen LogP contribution in [0.25, 0.3) is 0 Å². The maximum absolute atomic E-state index is 12.4. The van der Waals surface area contributed by atoms with Crippen LogP contribution in [0.15, 0.2) is 42.5 Å². The zero-order chi connectivity index (χ0) is 23.1. The molecular formula is C24H33N3O4S. The molecule has 1 amide bonds. The molecule has 1 saturated heterocycles. The predicted octanol–water partition coefficient (Wildman–Crippen LogP) is 2.72. The number of amides is 1. The van der Waals surface area contributed by atoms with Crippen molar-refractivity contribution < 1.29 is 17.9 Å². The molecule has 0 saturated carbocycles. The molecule has 0 aromatic heterocycles. The van der Waals surface area contributed by atoms with Gasteiger partial charge in [0, 0.05) is 25.2 Å². The molecule has 7 nitrogen and oxygen atoms in total. The third kappa shape index (κ3) is 6.79. The minimum absolute atomic E-state index is 0.118. The summed E-state index contributed by atoms with van der Waals surface area (Å²) < 4.78 is 31.6. The number of benzene rings is 2. The lowest BCUT2D eigenvalue weighted by Gasteiger charge is -2.26. The lowest BCUT2D eigenvalue weighted by Crippen LogP contribution is -2.38. The first-order chi connectivity index (χ1) is 15.2. The molecule has 0 unspecified atom stereocenters. The van der Waals surface area contributed by atoms with Crippen molar-refractivity contribution in [1.29, 1.82) is 0 Å². The molecule has 1 aliphatic heterocycles. The van der Waals surface area contributed by atoms with Crippen LogP contribution in [0, 0.1) is 13.8 Å². The number of aryl methyl sites for hydroxylation is 2. The second kappa shape index (κ2) is 10.9. The van der Waals surface area contributed by atoms with Gasteiger partial charge in [-0.25, -0.2) is 8.42 Å². The maximum atomic E-state index is 12.4. The van der Waals surface area contributed by atoms with E-state index in [0.29, 0.717) is 17.8 Å². The molecule has 32 heavy (non-hydrogen) atoms. The van der Waals surface area contributed by atoms with Crippen molar-refractivity contribution in [3.63, 3.8) is 0 Å². The number of hydrogen-bond acceptors (Lipinski definition) is 5. The number of nitrogens with one attached hydrogen (secondary N) is 1. The van der Waals surface area contributed by atoms with E-state index in [1.54, 1.807) is 12.1 Å². The number of rotatable bonds is 9. The summed E-state index contributed by atoms with van der Waals surface area (Å²) in [6.07, 6.45) is 2.10. The van der Waals surface area contributed by atoms with Crippen molar-refractivity contribution in [3.8, 4) is 0 Å². The van der Waals surface area contributed by atoms with Crippen LogP contribution < -0.4 is 9.62 Å². The van der Waals surface area contributed by atoms with Crippen LogP contribution >= 0.6 is 0 Å². The second-order valence-corrected chi connectivity index (χ2v) is 10.2. The number of morpholine rings is 1. The topological polar surface area (TPSA) is 79.0 Å². The number of sulfonamides is 1. The van der Waals surface area contributed by atoms with Crippen LogP contribution in [0.5, 0.6) is 0 Å². The van der Waals surface area contributed by atoms with Gasteiger partial charge < -0.3 is 10.1 Å². The van der Waals surface area contributed by atoms with Crippen LogP contribution in [-0.2, 0) is 21.3 Å². The zero-order valence-electron chi connectivity index (χ0n) is 19.1. The van der Waals surface area contributed by atoms with Gasteiger partial charge >= 0.3 is 0 Å². The summed E-state index contributed by atoms with van der Waals surface area (Å²) in [7, 11) is -3.45. The summed E-state index contributed by atoms with van der Waals surface area (Å²) >= 11 is 0. The summed E-state index contributed by atoms with van der Waals surface area (Å²) in [5, 5.41) is 2.96. The van der Waals surface area contributed by atoms with Gasteiger partial charge in [0.25, 0.3) is 5.91 Å². The normalized spacial score (nSPS) is 14.8. The van der Waals surface area contributed by atoms with Crippen molar-refractivity contribution in [2.45, 2.75) is 26.8 Å². The summed E-state index contributed by atoms with van der Waals surface area (Å²) in [5.41, 5.74) is 4.17. The fourth-order valence-electron chi connectivity index (χ4n) is 3.64. The minimum Gasteiger partial charge on any atom is -0.379 e. The van der Waals surface area contributed by atoms with Gasteiger partial charge in [-0.2, -0.15) is 0 Å². The average Bonchev–Trinajstić information content (AvgIpc) is 2.77. The third-order valence-electron chi connectivity index (χ3n) is 5.76. The van der Waals surface area contributed by atoms with Crippen LogP contribution in [-0.4, -0.2) is 64.9 Å². The molecule has 2 aromatic rings. The van der Waals surface area contributed by atoms with E-state index in [-0.39, 0.29) is 12.5 Å². The quantitative estimate of drug-likeness (QED) is 0.584. The molecule has 1 heterocycles. The van der Waals surface area contributed by atoms with Gasteiger partial charge in [0.2, 0.25) is 10.0 Å². The standard InChI is InChI=1S/C24H33N3O4S/c1-19-5-10-23(17-20(19)2)27(32(3,29)30)18-21-6-8-22(9-7-21)24(28)25-11-4-12-26-13-15-31-16-14-26/h5-10,17H,4,11-16,18H2,1-3H3,(H,25,28). The van der Waals surface area contributed by atoms with Crippen molar-refractivity contribution >= 4 is 21.6 Å². The minimum atomic E-state index is -3.45. The number of carbonyl (C=O) groups excluding carboxylic acids is 1. The van der Waals surface area contributed by atoms with E-state index >= 15 is 0 Å². The van der Waals surface area contributed by atoms with E-state index in [0.717, 1.165) is 56.0 Å². The van der Waals surface area contributed by atoms with Crippen LogP contribution in [0.4, 0.5) is 5.69 Å².